The number of unbranched alkanes of at least 4 members (excludes halogenated alkanes) is 1. The van der Waals surface area contributed by atoms with Crippen LogP contribution in [0.5, 0.6) is 5.75 Å². The first-order valence-electron chi connectivity index (χ1n) is 6.11. The number of ether oxygens (including phenoxy) is 1. The minimum Gasteiger partial charge on any atom is -0.491 e. The number of para-hydroxylation sites is 1. The lowest BCUT2D eigenvalue weighted by Crippen LogP contribution is -2.25. The van der Waals surface area contributed by atoms with Gasteiger partial charge in [-0.2, -0.15) is 0 Å². The van der Waals surface area contributed by atoms with Gasteiger partial charge in [-0.25, -0.2) is 0 Å². The Morgan fingerprint density at radius 3 is 2.89 bits per heavy atom. The molecule has 0 aliphatic carbocycles. The molecule has 0 bridgehead atoms. The predicted molar refractivity (Wildman–Crippen MR) is 70.7 cm³/mol. The molecule has 5 nitrogen and oxygen atoms in total. The maximum Gasteiger partial charge on any atom is 0.255 e. The lowest BCUT2D eigenvalue weighted by molar-refractivity contribution is 0.0948. The SMILES string of the molecule is CCOc1c(N)cccc1C(=O)NCCCCO. The summed E-state index contributed by atoms with van der Waals surface area (Å²) in [4.78, 5) is 11.9. The maximum absolute atomic E-state index is 11.9. The van der Waals surface area contributed by atoms with Gasteiger partial charge < -0.3 is 20.9 Å². The van der Waals surface area contributed by atoms with E-state index >= 15 is 0 Å². The fourth-order valence-corrected chi connectivity index (χ4v) is 1.57. The van der Waals surface area contributed by atoms with E-state index in [0.29, 0.717) is 36.6 Å². The van der Waals surface area contributed by atoms with E-state index in [1.165, 1.54) is 0 Å². The maximum atomic E-state index is 11.9. The predicted octanol–water partition coefficient (Wildman–Crippen LogP) is 1.17. The second kappa shape index (κ2) is 7.55. The first-order chi connectivity index (χ1) is 8.70. The molecule has 4 N–H and O–H groups in total. The molecule has 0 heterocycles. The van der Waals surface area contributed by atoms with Gasteiger partial charge in [-0.3, -0.25) is 4.79 Å². The normalized spacial score (nSPS) is 10.1. The van der Waals surface area contributed by atoms with Crippen molar-refractivity contribution in [3.63, 3.8) is 0 Å². The molecule has 0 radical (unpaired) electrons. The van der Waals surface area contributed by atoms with Gasteiger partial charge >= 0.3 is 0 Å². The summed E-state index contributed by atoms with van der Waals surface area (Å²) in [6, 6.07) is 5.11. The summed E-state index contributed by atoms with van der Waals surface area (Å²) in [7, 11) is 0. The molecular formula is C13H20N2O3. The molecule has 1 rings (SSSR count). The average molecular weight is 252 g/mol. The van der Waals surface area contributed by atoms with Crippen LogP contribution < -0.4 is 15.8 Å². The average Bonchev–Trinajstić information content (AvgIpc) is 2.37. The van der Waals surface area contributed by atoms with Crippen LogP contribution in [0.2, 0.25) is 0 Å². The summed E-state index contributed by atoms with van der Waals surface area (Å²) in [6.45, 7) is 2.96. The number of hydrogen-bond acceptors (Lipinski definition) is 4. The number of hydrogen-bond donors (Lipinski definition) is 3. The molecule has 100 valence electrons. The fraction of sp³-hybridized carbons (Fsp3) is 0.462. The lowest BCUT2D eigenvalue weighted by Gasteiger charge is -2.12. The van der Waals surface area contributed by atoms with Crippen molar-refractivity contribution >= 4 is 11.6 Å². The second-order valence-corrected chi connectivity index (χ2v) is 3.84. The summed E-state index contributed by atoms with van der Waals surface area (Å²) in [5, 5.41) is 11.4. The zero-order chi connectivity index (χ0) is 13.4. The van der Waals surface area contributed by atoms with Gasteiger partial charge in [0, 0.05) is 13.2 Å². The second-order valence-electron chi connectivity index (χ2n) is 3.84. The molecule has 18 heavy (non-hydrogen) atoms. The number of aliphatic hydroxyl groups excluding tert-OH is 1. The van der Waals surface area contributed by atoms with Crippen molar-refractivity contribution in [2.24, 2.45) is 0 Å². The molecule has 1 amide bonds. The molecule has 0 saturated heterocycles. The molecule has 0 aliphatic heterocycles. The summed E-state index contributed by atoms with van der Waals surface area (Å²) in [6.07, 6.45) is 1.42. The van der Waals surface area contributed by atoms with Crippen molar-refractivity contribution in [2.75, 3.05) is 25.5 Å². The topological polar surface area (TPSA) is 84.6 Å². The number of anilines is 1. The smallest absolute Gasteiger partial charge is 0.255 e. The number of nitrogens with one attached hydrogen (secondary N) is 1. The number of amides is 1. The van der Waals surface area contributed by atoms with Crippen LogP contribution in [0.3, 0.4) is 0 Å². The number of nitrogen functional groups attached to an aromatic ring is 1. The Kier molecular flexibility index (Phi) is 6.00. The lowest BCUT2D eigenvalue weighted by atomic mass is 10.1. The van der Waals surface area contributed by atoms with Gasteiger partial charge in [0.25, 0.3) is 5.91 Å². The van der Waals surface area contributed by atoms with Crippen LogP contribution in [0, 0.1) is 0 Å². The molecule has 1 aromatic carbocycles. The third kappa shape index (κ3) is 3.92. The summed E-state index contributed by atoms with van der Waals surface area (Å²) < 4.78 is 5.39. The van der Waals surface area contributed by atoms with E-state index in [2.05, 4.69) is 5.32 Å². The highest BCUT2D eigenvalue weighted by Gasteiger charge is 2.14. The minimum atomic E-state index is -0.205. The molecule has 0 aromatic heterocycles. The van der Waals surface area contributed by atoms with E-state index < -0.39 is 0 Å². The van der Waals surface area contributed by atoms with Gasteiger partial charge in [0.15, 0.2) is 5.75 Å². The van der Waals surface area contributed by atoms with Crippen LogP contribution in [0.1, 0.15) is 30.1 Å². The molecule has 0 aliphatic rings. The highest BCUT2D eigenvalue weighted by molar-refractivity contribution is 5.98. The van der Waals surface area contributed by atoms with Crippen molar-refractivity contribution in [1.29, 1.82) is 0 Å². The van der Waals surface area contributed by atoms with E-state index in [1.54, 1.807) is 18.2 Å². The summed E-state index contributed by atoms with van der Waals surface area (Å²) >= 11 is 0. The number of carbonyl (C=O) groups is 1. The van der Waals surface area contributed by atoms with Crippen molar-refractivity contribution in [1.82, 2.24) is 5.32 Å². The van der Waals surface area contributed by atoms with E-state index in [1.807, 2.05) is 6.92 Å². The van der Waals surface area contributed by atoms with Crippen LogP contribution >= 0.6 is 0 Å². The standard InChI is InChI=1S/C13H20N2O3/c1-2-18-12-10(6-5-7-11(12)14)13(17)15-8-3-4-9-16/h5-7,16H,2-4,8-9,14H2,1H3,(H,15,17). The largest absolute Gasteiger partial charge is 0.491 e. The quantitative estimate of drug-likeness (QED) is 0.502. The number of carbonyl (C=O) groups excluding carboxylic acids is 1. The van der Waals surface area contributed by atoms with E-state index in [-0.39, 0.29) is 12.5 Å². The Balaban J connectivity index is 2.69. The van der Waals surface area contributed by atoms with Gasteiger partial charge in [0.05, 0.1) is 17.9 Å². The fourth-order valence-electron chi connectivity index (χ4n) is 1.57. The Hall–Kier alpha value is -1.75. The summed E-state index contributed by atoms with van der Waals surface area (Å²) in [5.41, 5.74) is 6.69. The number of benzene rings is 1. The number of aliphatic hydroxyl groups is 1. The number of nitrogens with two attached hydrogens (primary N) is 1. The Labute approximate surface area is 107 Å². The van der Waals surface area contributed by atoms with Crippen LogP contribution in [0.4, 0.5) is 5.69 Å². The molecule has 1 aromatic rings. The van der Waals surface area contributed by atoms with Crippen LogP contribution in [0.15, 0.2) is 18.2 Å². The molecule has 0 spiro atoms. The summed E-state index contributed by atoms with van der Waals surface area (Å²) in [5.74, 6) is 0.225. The van der Waals surface area contributed by atoms with E-state index in [9.17, 15) is 4.79 Å². The molecule has 0 fully saturated rings. The third-order valence-corrected chi connectivity index (χ3v) is 2.45. The van der Waals surface area contributed by atoms with Crippen LogP contribution in [-0.4, -0.2) is 30.8 Å². The van der Waals surface area contributed by atoms with Gasteiger partial charge in [0.2, 0.25) is 0 Å². The first-order valence-corrected chi connectivity index (χ1v) is 6.11. The number of rotatable bonds is 7. The third-order valence-electron chi connectivity index (χ3n) is 2.45. The van der Waals surface area contributed by atoms with Crippen LogP contribution in [-0.2, 0) is 0 Å². The molecular weight excluding hydrogens is 232 g/mol. The molecule has 0 unspecified atom stereocenters. The monoisotopic (exact) mass is 252 g/mol. The zero-order valence-corrected chi connectivity index (χ0v) is 10.6. The zero-order valence-electron chi connectivity index (χ0n) is 10.6. The van der Waals surface area contributed by atoms with Gasteiger partial charge in [-0.15, -0.1) is 0 Å². The van der Waals surface area contributed by atoms with Gasteiger partial charge in [-0.1, -0.05) is 6.07 Å². The van der Waals surface area contributed by atoms with Crippen LogP contribution in [0.25, 0.3) is 0 Å². The Morgan fingerprint density at radius 2 is 2.22 bits per heavy atom. The highest BCUT2D eigenvalue weighted by Crippen LogP contribution is 2.26. The van der Waals surface area contributed by atoms with Gasteiger partial charge in [-0.05, 0) is 31.9 Å². The Morgan fingerprint density at radius 1 is 1.44 bits per heavy atom. The van der Waals surface area contributed by atoms with E-state index in [4.69, 9.17) is 15.6 Å². The van der Waals surface area contributed by atoms with Crippen molar-refractivity contribution < 1.29 is 14.6 Å². The van der Waals surface area contributed by atoms with Crippen molar-refractivity contribution in [2.45, 2.75) is 19.8 Å². The minimum absolute atomic E-state index is 0.137. The van der Waals surface area contributed by atoms with Crippen molar-refractivity contribution in [3.05, 3.63) is 23.8 Å². The molecule has 5 heteroatoms. The van der Waals surface area contributed by atoms with Gasteiger partial charge in [0.1, 0.15) is 0 Å². The Bertz CT molecular complexity index is 394. The first kappa shape index (κ1) is 14.3. The highest BCUT2D eigenvalue weighted by atomic mass is 16.5. The van der Waals surface area contributed by atoms with Crippen molar-refractivity contribution in [3.8, 4) is 5.75 Å². The van der Waals surface area contributed by atoms with E-state index in [0.717, 1.165) is 6.42 Å². The molecule has 0 atom stereocenters. The molecule has 0 saturated carbocycles.